The van der Waals surface area contributed by atoms with Crippen LogP contribution in [-0.2, 0) is 52.7 Å². The molecule has 3 aromatic heterocycles. The molecule has 0 radical (unpaired) electrons. The molecule has 2 aromatic carbocycles. The molecule has 1 unspecified atom stereocenters. The van der Waals surface area contributed by atoms with Crippen LogP contribution in [0.5, 0.6) is 0 Å². The van der Waals surface area contributed by atoms with Gasteiger partial charge in [-0.2, -0.15) is 10.2 Å². The van der Waals surface area contributed by atoms with E-state index in [1.807, 2.05) is 34.1 Å². The number of hydrogen-bond acceptors (Lipinski definition) is 9. The largest absolute Gasteiger partial charge is 0.383 e. The second kappa shape index (κ2) is 18.9. The molecular formula is C48H59F2N11O5. The zero-order valence-electron chi connectivity index (χ0n) is 38.0. The van der Waals surface area contributed by atoms with Crippen LogP contribution in [0.4, 0.5) is 26.0 Å². The summed E-state index contributed by atoms with van der Waals surface area (Å²) in [6, 6.07) is 8.48. The number of imidazole rings is 1. The zero-order valence-corrected chi connectivity index (χ0v) is 38.0. The van der Waals surface area contributed by atoms with Gasteiger partial charge in [0.05, 0.1) is 35.5 Å². The van der Waals surface area contributed by atoms with Crippen molar-refractivity contribution in [2.45, 2.75) is 115 Å². The number of alkyl halides is 2. The molecule has 2 fully saturated rings. The number of piperidine rings is 2. The van der Waals surface area contributed by atoms with E-state index in [-0.39, 0.29) is 47.9 Å². The number of benzene rings is 2. The molecule has 4 aliphatic heterocycles. The van der Waals surface area contributed by atoms with Crippen LogP contribution in [-0.4, -0.2) is 94.8 Å². The van der Waals surface area contributed by atoms with Crippen LogP contribution < -0.4 is 21.2 Å². The molecule has 1 atom stereocenters. The van der Waals surface area contributed by atoms with Crippen molar-refractivity contribution >= 4 is 51.9 Å². The molecule has 350 valence electrons. The van der Waals surface area contributed by atoms with Crippen molar-refractivity contribution in [1.82, 2.24) is 43.8 Å². The number of hydrogen-bond donors (Lipinski definition) is 2. The number of halogens is 2. The molecule has 7 heterocycles. The second-order valence-corrected chi connectivity index (χ2v) is 18.3. The molecule has 4 amide bonds. The van der Waals surface area contributed by atoms with E-state index in [1.165, 1.54) is 4.57 Å². The SMILES string of the molecule is CC(=O)N1CCc2c(c(N3CCCc4cc(-c5cnn(C)c5)c(C(F)F)cc43)nn2C2CCN(C(=O)CCCCCCCNc3cccc4c3n(C)c(=O)n4C3CCC(=O)NC3=O)CC2)C1. The van der Waals surface area contributed by atoms with E-state index in [4.69, 9.17) is 5.10 Å². The van der Waals surface area contributed by atoms with Gasteiger partial charge in [0.2, 0.25) is 23.6 Å². The van der Waals surface area contributed by atoms with Crippen LogP contribution in [0, 0.1) is 0 Å². The van der Waals surface area contributed by atoms with Crippen LogP contribution in [0.1, 0.15) is 118 Å². The van der Waals surface area contributed by atoms with Crippen LogP contribution in [0.3, 0.4) is 0 Å². The number of para-hydroxylation sites is 1. The average Bonchev–Trinajstić information content (AvgIpc) is 3.99. The summed E-state index contributed by atoms with van der Waals surface area (Å²) in [4.78, 5) is 69.5. The zero-order chi connectivity index (χ0) is 46.2. The van der Waals surface area contributed by atoms with Crippen LogP contribution in [0.25, 0.3) is 22.2 Å². The van der Waals surface area contributed by atoms with Crippen molar-refractivity contribution in [2.75, 3.05) is 42.9 Å². The van der Waals surface area contributed by atoms with Crippen LogP contribution in [0.15, 0.2) is 47.5 Å². The number of carbonyl (C=O) groups excluding carboxylic acids is 4. The first-order valence-electron chi connectivity index (χ1n) is 23.5. The lowest BCUT2D eigenvalue weighted by Gasteiger charge is -2.34. The fourth-order valence-electron chi connectivity index (χ4n) is 10.6. The maximum Gasteiger partial charge on any atom is 0.329 e. The number of aryl methyl sites for hydroxylation is 3. The Morgan fingerprint density at radius 1 is 0.924 bits per heavy atom. The lowest BCUT2D eigenvalue weighted by molar-refractivity contribution is -0.136. The smallest absolute Gasteiger partial charge is 0.329 e. The lowest BCUT2D eigenvalue weighted by Crippen LogP contribution is -2.44. The molecule has 0 spiro atoms. The Labute approximate surface area is 381 Å². The lowest BCUT2D eigenvalue weighted by atomic mass is 9.92. The number of anilines is 3. The van der Waals surface area contributed by atoms with E-state index < -0.39 is 18.4 Å². The topological polar surface area (TPSA) is 165 Å². The standard InChI is InChI=1S/C48H59F2N11O5/c1-30(62)58-24-19-38-36(29-58)46(59-21-10-11-31-25-34(32-27-52-55(2)28-32)35(45(49)50)26-41(31)59)54-61(38)33-17-22-57(23-18-33)43(64)14-7-5-4-6-8-20-51-37-12-9-13-39-44(37)56(3)48(66)60(39)40-15-16-42(63)53-47(40)65/h9,12-13,25-28,33,40,45,51H,4-8,10-11,14-24,29H2,1-3H3,(H,53,63,65). The van der Waals surface area contributed by atoms with Gasteiger partial charge in [0.1, 0.15) is 6.04 Å². The van der Waals surface area contributed by atoms with Gasteiger partial charge >= 0.3 is 5.69 Å². The Morgan fingerprint density at radius 3 is 2.45 bits per heavy atom. The number of nitrogens with one attached hydrogen (secondary N) is 2. The summed E-state index contributed by atoms with van der Waals surface area (Å²) in [5, 5.41) is 15.3. The predicted octanol–water partition coefficient (Wildman–Crippen LogP) is 6.46. The molecule has 2 saturated heterocycles. The number of imide groups is 1. The number of amides is 4. The highest BCUT2D eigenvalue weighted by Gasteiger charge is 2.36. The van der Waals surface area contributed by atoms with Gasteiger partial charge in [0.15, 0.2) is 5.82 Å². The number of nitrogens with zero attached hydrogens (tertiary/aromatic N) is 9. The first-order valence-corrected chi connectivity index (χ1v) is 23.5. The third-order valence-corrected chi connectivity index (χ3v) is 14.1. The number of likely N-dealkylation sites (tertiary alicyclic amines) is 1. The van der Waals surface area contributed by atoms with Crippen molar-refractivity contribution < 1.29 is 28.0 Å². The molecule has 4 aliphatic rings. The van der Waals surface area contributed by atoms with E-state index in [2.05, 4.69) is 25.3 Å². The van der Waals surface area contributed by atoms with E-state index in [0.717, 1.165) is 97.3 Å². The van der Waals surface area contributed by atoms with Gasteiger partial charge in [-0.3, -0.25) is 43.0 Å². The number of rotatable bonds is 14. The summed E-state index contributed by atoms with van der Waals surface area (Å²) in [5.41, 5.74) is 6.77. The Hall–Kier alpha value is -6.33. The molecular weight excluding hydrogens is 849 g/mol. The van der Waals surface area contributed by atoms with Crippen molar-refractivity contribution in [3.8, 4) is 11.1 Å². The summed E-state index contributed by atoms with van der Waals surface area (Å²) >= 11 is 0. The van der Waals surface area contributed by atoms with Gasteiger partial charge in [-0.05, 0) is 80.3 Å². The van der Waals surface area contributed by atoms with Crippen molar-refractivity contribution in [2.24, 2.45) is 14.1 Å². The average molecular weight is 908 g/mol. The quantitative estimate of drug-likeness (QED) is 0.0941. The van der Waals surface area contributed by atoms with Crippen LogP contribution in [0.2, 0.25) is 0 Å². The Morgan fingerprint density at radius 2 is 1.71 bits per heavy atom. The summed E-state index contributed by atoms with van der Waals surface area (Å²) < 4.78 is 36.2. The minimum absolute atomic E-state index is 0.00943. The Kier molecular flexibility index (Phi) is 12.8. The normalized spacial score (nSPS) is 18.0. The number of fused-ring (bicyclic) bond motifs is 3. The predicted molar refractivity (Wildman–Crippen MR) is 246 cm³/mol. The minimum atomic E-state index is -2.68. The first-order chi connectivity index (χ1) is 31.9. The third kappa shape index (κ3) is 8.73. The second-order valence-electron chi connectivity index (χ2n) is 18.3. The molecule has 66 heavy (non-hydrogen) atoms. The Balaban J connectivity index is 0.783. The minimum Gasteiger partial charge on any atom is -0.383 e. The molecule has 2 N–H and O–H groups in total. The fourth-order valence-corrected chi connectivity index (χ4v) is 10.6. The molecule has 0 bridgehead atoms. The van der Waals surface area contributed by atoms with Gasteiger partial charge in [-0.25, -0.2) is 13.6 Å². The maximum absolute atomic E-state index is 14.7. The van der Waals surface area contributed by atoms with E-state index in [9.17, 15) is 32.8 Å². The molecule has 0 saturated carbocycles. The Bertz CT molecular complexity index is 2730. The van der Waals surface area contributed by atoms with Gasteiger partial charge in [-0.1, -0.05) is 25.3 Å². The highest BCUT2D eigenvalue weighted by Crippen LogP contribution is 2.44. The summed E-state index contributed by atoms with van der Waals surface area (Å²) in [6.07, 6.45) is 10.1. The van der Waals surface area contributed by atoms with Gasteiger partial charge in [0.25, 0.3) is 6.43 Å². The molecule has 9 rings (SSSR count). The maximum atomic E-state index is 14.7. The third-order valence-electron chi connectivity index (χ3n) is 14.1. The number of carbonyl (C=O) groups is 4. The van der Waals surface area contributed by atoms with Crippen molar-refractivity contribution in [1.29, 1.82) is 0 Å². The highest BCUT2D eigenvalue weighted by atomic mass is 19.3. The highest BCUT2D eigenvalue weighted by molar-refractivity contribution is 6.00. The van der Waals surface area contributed by atoms with Gasteiger partial charge in [0, 0.05) is 107 Å². The molecule has 5 aromatic rings. The van der Waals surface area contributed by atoms with Crippen molar-refractivity contribution in [3.05, 3.63) is 75.6 Å². The molecule has 18 heteroatoms. The molecule has 0 aliphatic carbocycles. The summed E-state index contributed by atoms with van der Waals surface area (Å²) in [6.45, 7) is 5.18. The van der Waals surface area contributed by atoms with Crippen LogP contribution >= 0.6 is 0 Å². The van der Waals surface area contributed by atoms with E-state index in [0.29, 0.717) is 68.8 Å². The summed E-state index contributed by atoms with van der Waals surface area (Å²) in [5.74, 6) is 0.111. The summed E-state index contributed by atoms with van der Waals surface area (Å²) in [7, 11) is 3.47. The molecule has 16 nitrogen and oxygen atoms in total. The first kappa shape index (κ1) is 44.9. The van der Waals surface area contributed by atoms with Crippen molar-refractivity contribution in [3.63, 3.8) is 0 Å². The fraction of sp³-hybridized carbons (Fsp3) is 0.521. The monoisotopic (exact) mass is 907 g/mol. The number of unbranched alkanes of at least 4 members (excludes halogenated alkanes) is 4. The van der Waals surface area contributed by atoms with E-state index in [1.54, 1.807) is 48.7 Å². The van der Waals surface area contributed by atoms with Gasteiger partial charge < -0.3 is 20.0 Å². The number of aromatic nitrogens is 6. The van der Waals surface area contributed by atoms with E-state index >= 15 is 0 Å². The van der Waals surface area contributed by atoms with Gasteiger partial charge in [-0.15, -0.1) is 0 Å².